The van der Waals surface area contributed by atoms with Crippen LogP contribution in [0, 0.1) is 0 Å². The Balaban J connectivity index is 2.22. The van der Waals surface area contributed by atoms with Crippen LogP contribution in [0.25, 0.3) is 0 Å². The first-order valence-corrected chi connectivity index (χ1v) is 7.68. The number of rotatable bonds is 6. The van der Waals surface area contributed by atoms with Gasteiger partial charge in [-0.1, -0.05) is 15.9 Å². The largest absolute Gasteiger partial charge is 0.497 e. The molecule has 0 aliphatic rings. The molecule has 1 atom stereocenters. The molecule has 0 fully saturated rings. The zero-order valence-corrected chi connectivity index (χ0v) is 14.1. The second kappa shape index (κ2) is 7.06. The number of benzene rings is 1. The zero-order valence-electron chi connectivity index (χ0n) is 12.5. The fraction of sp³-hybridized carbons (Fsp3) is 0.400. The van der Waals surface area contributed by atoms with Crippen molar-refractivity contribution in [2.75, 3.05) is 7.11 Å². The maximum atomic E-state index is 5.73. The Hall–Kier alpha value is -1.37. The minimum absolute atomic E-state index is 0.0370. The van der Waals surface area contributed by atoms with Crippen molar-refractivity contribution in [3.8, 4) is 5.75 Å². The smallest absolute Gasteiger partial charge is 0.119 e. The Kier molecular flexibility index (Phi) is 5.39. The van der Waals surface area contributed by atoms with Gasteiger partial charge in [-0.25, -0.2) is 0 Å². The minimum Gasteiger partial charge on any atom is -0.497 e. The van der Waals surface area contributed by atoms with Crippen molar-refractivity contribution in [2.24, 2.45) is 5.84 Å². The second-order valence-electron chi connectivity index (χ2n) is 5.19. The van der Waals surface area contributed by atoms with E-state index in [1.165, 1.54) is 0 Å². The third-order valence-electron chi connectivity index (χ3n) is 3.39. The quantitative estimate of drug-likeness (QED) is 0.619. The molecule has 21 heavy (non-hydrogen) atoms. The first-order valence-electron chi connectivity index (χ1n) is 6.88. The molecule has 0 bridgehead atoms. The van der Waals surface area contributed by atoms with Crippen molar-refractivity contribution in [3.63, 3.8) is 0 Å². The molecule has 5 nitrogen and oxygen atoms in total. The second-order valence-corrected chi connectivity index (χ2v) is 6.05. The molecule has 114 valence electrons. The standard InChI is InChI=1S/C15H21BrN4O/c1-10(2)20-7-6-11(19-20)8-15(18-17)13-9-12(21-3)4-5-14(13)16/h4-7,9-10,15,18H,8,17H2,1-3H3. The third kappa shape index (κ3) is 3.84. The zero-order chi connectivity index (χ0) is 15.4. The molecule has 2 aromatic rings. The lowest BCUT2D eigenvalue weighted by molar-refractivity contribution is 0.412. The van der Waals surface area contributed by atoms with Gasteiger partial charge in [0.2, 0.25) is 0 Å². The van der Waals surface area contributed by atoms with E-state index in [9.17, 15) is 0 Å². The molecule has 1 heterocycles. The predicted molar refractivity (Wildman–Crippen MR) is 87.1 cm³/mol. The molecule has 1 aromatic heterocycles. The number of nitrogens with one attached hydrogen (secondary N) is 1. The molecule has 0 radical (unpaired) electrons. The summed E-state index contributed by atoms with van der Waals surface area (Å²) in [5.41, 5.74) is 4.92. The van der Waals surface area contributed by atoms with E-state index < -0.39 is 0 Å². The molecule has 0 aliphatic heterocycles. The molecule has 0 spiro atoms. The maximum absolute atomic E-state index is 5.73. The first-order chi connectivity index (χ1) is 10.0. The van der Waals surface area contributed by atoms with E-state index in [1.54, 1.807) is 7.11 Å². The SMILES string of the molecule is COc1ccc(Br)c(C(Cc2ccn(C(C)C)n2)NN)c1. The van der Waals surface area contributed by atoms with Gasteiger partial charge < -0.3 is 4.74 Å². The van der Waals surface area contributed by atoms with Gasteiger partial charge in [-0.15, -0.1) is 0 Å². The minimum atomic E-state index is -0.0370. The highest BCUT2D eigenvalue weighted by Gasteiger charge is 2.16. The summed E-state index contributed by atoms with van der Waals surface area (Å²) in [6.45, 7) is 4.21. The van der Waals surface area contributed by atoms with Crippen molar-refractivity contribution in [2.45, 2.75) is 32.4 Å². The Morgan fingerprint density at radius 1 is 1.38 bits per heavy atom. The number of hydrogen-bond acceptors (Lipinski definition) is 4. The van der Waals surface area contributed by atoms with Crippen LogP contribution in [0.1, 0.15) is 37.2 Å². The molecular weight excluding hydrogens is 332 g/mol. The van der Waals surface area contributed by atoms with E-state index >= 15 is 0 Å². The van der Waals surface area contributed by atoms with E-state index in [1.807, 2.05) is 35.1 Å². The average molecular weight is 353 g/mol. The van der Waals surface area contributed by atoms with Crippen molar-refractivity contribution in [3.05, 3.63) is 46.2 Å². The summed E-state index contributed by atoms with van der Waals surface area (Å²) in [5.74, 6) is 6.54. The van der Waals surface area contributed by atoms with Crippen LogP contribution in [-0.2, 0) is 6.42 Å². The average Bonchev–Trinajstić information content (AvgIpc) is 2.94. The molecule has 2 rings (SSSR count). The lowest BCUT2D eigenvalue weighted by Gasteiger charge is -2.18. The van der Waals surface area contributed by atoms with Gasteiger partial charge in [0.1, 0.15) is 5.75 Å². The van der Waals surface area contributed by atoms with Crippen LogP contribution in [0.4, 0.5) is 0 Å². The van der Waals surface area contributed by atoms with Crippen LogP contribution in [0.2, 0.25) is 0 Å². The highest BCUT2D eigenvalue weighted by molar-refractivity contribution is 9.10. The molecule has 3 N–H and O–H groups in total. The van der Waals surface area contributed by atoms with E-state index in [2.05, 4.69) is 40.3 Å². The van der Waals surface area contributed by atoms with E-state index in [4.69, 9.17) is 10.6 Å². The third-order valence-corrected chi connectivity index (χ3v) is 4.11. The summed E-state index contributed by atoms with van der Waals surface area (Å²) < 4.78 is 8.22. The summed E-state index contributed by atoms with van der Waals surface area (Å²) >= 11 is 3.57. The fourth-order valence-electron chi connectivity index (χ4n) is 2.16. The van der Waals surface area contributed by atoms with Gasteiger partial charge in [-0.05, 0) is 43.7 Å². The molecule has 0 aliphatic carbocycles. The number of aromatic nitrogens is 2. The Morgan fingerprint density at radius 2 is 2.14 bits per heavy atom. The molecule has 6 heteroatoms. The van der Waals surface area contributed by atoms with Gasteiger partial charge in [0.25, 0.3) is 0 Å². The van der Waals surface area contributed by atoms with E-state index in [0.717, 1.165) is 21.5 Å². The molecule has 0 saturated heterocycles. The lowest BCUT2D eigenvalue weighted by atomic mass is 10.0. The number of halogens is 1. The van der Waals surface area contributed by atoms with Crippen molar-refractivity contribution in [1.29, 1.82) is 0 Å². The number of nitrogens with zero attached hydrogens (tertiary/aromatic N) is 2. The van der Waals surface area contributed by atoms with Gasteiger partial charge in [0.15, 0.2) is 0 Å². The number of ether oxygens (including phenoxy) is 1. The number of methoxy groups -OCH3 is 1. The van der Waals surface area contributed by atoms with Crippen LogP contribution in [0.5, 0.6) is 5.75 Å². The normalized spacial score (nSPS) is 12.7. The monoisotopic (exact) mass is 352 g/mol. The molecule has 1 aromatic carbocycles. The summed E-state index contributed by atoms with van der Waals surface area (Å²) in [6.07, 6.45) is 2.70. The first kappa shape index (κ1) is 16.0. The van der Waals surface area contributed by atoms with Gasteiger partial charge >= 0.3 is 0 Å². The van der Waals surface area contributed by atoms with E-state index in [-0.39, 0.29) is 6.04 Å². The van der Waals surface area contributed by atoms with Gasteiger partial charge in [-0.3, -0.25) is 16.0 Å². The van der Waals surface area contributed by atoms with Crippen LogP contribution in [-0.4, -0.2) is 16.9 Å². The number of hydrazine groups is 1. The van der Waals surface area contributed by atoms with Crippen LogP contribution < -0.4 is 16.0 Å². The highest BCUT2D eigenvalue weighted by atomic mass is 79.9. The van der Waals surface area contributed by atoms with Crippen LogP contribution in [0.15, 0.2) is 34.9 Å². The molecule has 0 amide bonds. The van der Waals surface area contributed by atoms with E-state index in [0.29, 0.717) is 12.5 Å². The fourth-order valence-corrected chi connectivity index (χ4v) is 2.68. The predicted octanol–water partition coefficient (Wildman–Crippen LogP) is 2.98. The number of nitrogens with two attached hydrogens (primary N) is 1. The maximum Gasteiger partial charge on any atom is 0.119 e. The van der Waals surface area contributed by atoms with Gasteiger partial charge in [0.05, 0.1) is 18.8 Å². The highest BCUT2D eigenvalue weighted by Crippen LogP contribution is 2.29. The Morgan fingerprint density at radius 3 is 2.71 bits per heavy atom. The Labute approximate surface area is 133 Å². The van der Waals surface area contributed by atoms with Crippen molar-refractivity contribution >= 4 is 15.9 Å². The number of hydrogen-bond donors (Lipinski definition) is 2. The van der Waals surface area contributed by atoms with Crippen LogP contribution >= 0.6 is 15.9 Å². The molecule has 0 saturated carbocycles. The molecule has 1 unspecified atom stereocenters. The Bertz CT molecular complexity index is 597. The molecular formula is C15H21BrN4O. The summed E-state index contributed by atoms with van der Waals surface area (Å²) in [6, 6.07) is 8.20. The topological polar surface area (TPSA) is 65.1 Å². The van der Waals surface area contributed by atoms with Crippen molar-refractivity contribution < 1.29 is 4.74 Å². The van der Waals surface area contributed by atoms with Crippen LogP contribution in [0.3, 0.4) is 0 Å². The van der Waals surface area contributed by atoms with Gasteiger partial charge in [-0.2, -0.15) is 5.10 Å². The lowest BCUT2D eigenvalue weighted by Crippen LogP contribution is -2.30. The summed E-state index contributed by atoms with van der Waals surface area (Å²) in [7, 11) is 1.65. The van der Waals surface area contributed by atoms with Gasteiger partial charge in [0, 0.05) is 23.1 Å². The van der Waals surface area contributed by atoms with Crippen molar-refractivity contribution in [1.82, 2.24) is 15.2 Å². The summed E-state index contributed by atoms with van der Waals surface area (Å²) in [5, 5.41) is 4.57. The summed E-state index contributed by atoms with van der Waals surface area (Å²) in [4.78, 5) is 0.